The molecule has 7 nitrogen and oxygen atoms in total. The molecule has 1 amide bonds. The summed E-state index contributed by atoms with van der Waals surface area (Å²) in [5.74, 6) is 1.69. The highest BCUT2D eigenvalue weighted by atomic mass is 16.5. The number of aromatic nitrogens is 2. The first-order valence-corrected chi connectivity index (χ1v) is 8.88. The van der Waals surface area contributed by atoms with Gasteiger partial charge in [-0.1, -0.05) is 5.16 Å². The smallest absolute Gasteiger partial charge is 0.240 e. The van der Waals surface area contributed by atoms with E-state index in [4.69, 9.17) is 9.26 Å². The predicted octanol–water partition coefficient (Wildman–Crippen LogP) is 1.62. The van der Waals surface area contributed by atoms with E-state index in [-0.39, 0.29) is 0 Å². The Morgan fingerprint density at radius 2 is 2.08 bits per heavy atom. The monoisotopic (exact) mass is 336 g/mol. The van der Waals surface area contributed by atoms with Gasteiger partial charge in [-0.15, -0.1) is 0 Å². The third-order valence-electron chi connectivity index (χ3n) is 5.37. The topological polar surface area (TPSA) is 71.7 Å². The van der Waals surface area contributed by atoms with E-state index in [2.05, 4.69) is 19.9 Å². The molecule has 1 spiro atoms. The van der Waals surface area contributed by atoms with Crippen molar-refractivity contribution >= 4 is 5.91 Å². The molecule has 3 heterocycles. The Bertz CT molecular complexity index is 552. The number of nitrogens with zero attached hydrogens (tertiary/aromatic N) is 4. The predicted molar refractivity (Wildman–Crippen MR) is 88.3 cm³/mol. The Balaban J connectivity index is 1.51. The van der Waals surface area contributed by atoms with Gasteiger partial charge in [-0.25, -0.2) is 0 Å². The Labute approximate surface area is 143 Å². The van der Waals surface area contributed by atoms with Crippen LogP contribution in [-0.4, -0.2) is 65.7 Å². The molecular formula is C17H28N4O3. The van der Waals surface area contributed by atoms with E-state index in [1.807, 2.05) is 6.92 Å². The highest BCUT2D eigenvalue weighted by Crippen LogP contribution is 2.40. The zero-order valence-electron chi connectivity index (χ0n) is 14.8. The van der Waals surface area contributed by atoms with Crippen LogP contribution in [0.4, 0.5) is 0 Å². The summed E-state index contributed by atoms with van der Waals surface area (Å²) in [7, 11) is 1.71. The first kappa shape index (κ1) is 17.4. The molecule has 7 heteroatoms. The van der Waals surface area contributed by atoms with Crippen LogP contribution in [0.15, 0.2) is 4.52 Å². The normalized spacial score (nSPS) is 21.6. The van der Waals surface area contributed by atoms with Crippen LogP contribution in [0.5, 0.6) is 0 Å². The Hall–Kier alpha value is -1.47. The van der Waals surface area contributed by atoms with Gasteiger partial charge in [0.2, 0.25) is 11.8 Å². The number of amides is 1. The summed E-state index contributed by atoms with van der Waals surface area (Å²) in [6.45, 7) is 7.07. The molecule has 2 fully saturated rings. The van der Waals surface area contributed by atoms with Gasteiger partial charge in [0.15, 0.2) is 5.82 Å². The van der Waals surface area contributed by atoms with Crippen LogP contribution in [-0.2, 0) is 16.1 Å². The minimum absolute atomic E-state index is 0.294. The number of rotatable bonds is 6. The molecule has 0 atom stereocenters. The van der Waals surface area contributed by atoms with Crippen molar-refractivity contribution in [2.24, 2.45) is 5.41 Å². The Morgan fingerprint density at radius 3 is 2.75 bits per heavy atom. The maximum atomic E-state index is 12.2. The second kappa shape index (κ2) is 7.61. The van der Waals surface area contributed by atoms with Gasteiger partial charge in [-0.3, -0.25) is 9.69 Å². The first-order valence-electron chi connectivity index (χ1n) is 8.88. The lowest BCUT2D eigenvalue weighted by molar-refractivity contribution is -0.139. The average molecular weight is 336 g/mol. The number of carbonyl (C=O) groups excluding carboxylic acids is 1. The summed E-state index contributed by atoms with van der Waals surface area (Å²) in [4.78, 5) is 20.9. The van der Waals surface area contributed by atoms with Crippen molar-refractivity contribution in [3.05, 3.63) is 11.7 Å². The van der Waals surface area contributed by atoms with E-state index in [1.165, 1.54) is 0 Å². The largest absolute Gasteiger partial charge is 0.385 e. The molecule has 3 rings (SSSR count). The molecule has 0 bridgehead atoms. The molecule has 1 aromatic heterocycles. The highest BCUT2D eigenvalue weighted by molar-refractivity contribution is 5.77. The third-order valence-corrected chi connectivity index (χ3v) is 5.37. The highest BCUT2D eigenvalue weighted by Gasteiger charge is 2.40. The van der Waals surface area contributed by atoms with Gasteiger partial charge in [0, 0.05) is 33.2 Å². The van der Waals surface area contributed by atoms with Crippen LogP contribution < -0.4 is 0 Å². The molecule has 134 valence electrons. The summed E-state index contributed by atoms with van der Waals surface area (Å²) >= 11 is 0. The van der Waals surface area contributed by atoms with Gasteiger partial charge in [-0.05, 0) is 51.1 Å². The fourth-order valence-corrected chi connectivity index (χ4v) is 3.89. The van der Waals surface area contributed by atoms with Gasteiger partial charge < -0.3 is 14.2 Å². The molecule has 0 unspecified atom stereocenters. The van der Waals surface area contributed by atoms with Crippen LogP contribution in [0.25, 0.3) is 0 Å². The molecule has 24 heavy (non-hydrogen) atoms. The minimum Gasteiger partial charge on any atom is -0.385 e. The van der Waals surface area contributed by atoms with Crippen LogP contribution in [0.3, 0.4) is 0 Å². The molecule has 0 aliphatic carbocycles. The van der Waals surface area contributed by atoms with E-state index < -0.39 is 0 Å². The second-order valence-corrected chi connectivity index (χ2v) is 7.17. The van der Waals surface area contributed by atoms with Crippen molar-refractivity contribution in [1.82, 2.24) is 19.9 Å². The van der Waals surface area contributed by atoms with Crippen molar-refractivity contribution in [1.29, 1.82) is 0 Å². The van der Waals surface area contributed by atoms with Gasteiger partial charge in [0.25, 0.3) is 0 Å². The quantitative estimate of drug-likeness (QED) is 0.735. The van der Waals surface area contributed by atoms with E-state index in [0.717, 1.165) is 58.4 Å². The molecule has 0 aromatic carbocycles. The molecule has 2 saturated heterocycles. The molecule has 1 aromatic rings. The van der Waals surface area contributed by atoms with Crippen LogP contribution >= 0.6 is 0 Å². The van der Waals surface area contributed by atoms with E-state index in [9.17, 15) is 4.79 Å². The number of piperidine rings is 2. The third kappa shape index (κ3) is 4.13. The zero-order chi connectivity index (χ0) is 17.0. The van der Waals surface area contributed by atoms with Crippen molar-refractivity contribution in [3.63, 3.8) is 0 Å². The molecule has 0 radical (unpaired) electrons. The maximum Gasteiger partial charge on any atom is 0.240 e. The van der Waals surface area contributed by atoms with Gasteiger partial charge in [0.05, 0.1) is 6.54 Å². The summed E-state index contributed by atoms with van der Waals surface area (Å²) < 4.78 is 10.3. The van der Waals surface area contributed by atoms with Crippen LogP contribution in [0.2, 0.25) is 0 Å². The number of likely N-dealkylation sites (tertiary alicyclic amines) is 2. The van der Waals surface area contributed by atoms with Gasteiger partial charge in [0.1, 0.15) is 0 Å². The number of ether oxygens (including phenoxy) is 1. The number of methoxy groups -OCH3 is 1. The number of hydrogen-bond donors (Lipinski definition) is 0. The molecule has 2 aliphatic heterocycles. The number of hydrogen-bond acceptors (Lipinski definition) is 6. The second-order valence-electron chi connectivity index (χ2n) is 7.17. The number of carbonyl (C=O) groups is 1. The maximum absolute atomic E-state index is 12.2. The Morgan fingerprint density at radius 1 is 1.29 bits per heavy atom. The molecular weight excluding hydrogens is 308 g/mol. The van der Waals surface area contributed by atoms with E-state index in [1.54, 1.807) is 7.11 Å². The SMILES string of the molecule is COCCCN1CC2(CCC1=O)CCN(Cc1nc(C)no1)CC2. The first-order chi connectivity index (χ1) is 11.6. The fraction of sp³-hybridized carbons (Fsp3) is 0.824. The molecule has 2 aliphatic rings. The molecule has 0 N–H and O–H groups in total. The average Bonchev–Trinajstić information content (AvgIpc) is 2.99. The van der Waals surface area contributed by atoms with Gasteiger partial charge in [-0.2, -0.15) is 4.98 Å². The van der Waals surface area contributed by atoms with Crippen molar-refractivity contribution < 1.29 is 14.1 Å². The van der Waals surface area contributed by atoms with Crippen LogP contribution in [0.1, 0.15) is 43.8 Å². The fourth-order valence-electron chi connectivity index (χ4n) is 3.89. The minimum atomic E-state index is 0.294. The standard InChI is InChI=1S/C17H28N4O3/c1-14-18-15(24-19-14)12-20-9-6-17(7-10-20)5-4-16(22)21(13-17)8-3-11-23-2/h3-13H2,1-2H3. The van der Waals surface area contributed by atoms with E-state index in [0.29, 0.717) is 36.1 Å². The lowest BCUT2D eigenvalue weighted by atomic mass is 9.72. The number of aryl methyl sites for hydroxylation is 1. The van der Waals surface area contributed by atoms with Crippen molar-refractivity contribution in [2.75, 3.05) is 39.9 Å². The summed E-state index contributed by atoms with van der Waals surface area (Å²) in [6.07, 6.45) is 4.90. The summed E-state index contributed by atoms with van der Waals surface area (Å²) in [6, 6.07) is 0. The van der Waals surface area contributed by atoms with Crippen molar-refractivity contribution in [3.8, 4) is 0 Å². The lowest BCUT2D eigenvalue weighted by Gasteiger charge is -2.47. The van der Waals surface area contributed by atoms with Gasteiger partial charge >= 0.3 is 0 Å². The zero-order valence-corrected chi connectivity index (χ0v) is 14.8. The van der Waals surface area contributed by atoms with E-state index >= 15 is 0 Å². The van der Waals surface area contributed by atoms with Crippen molar-refractivity contribution in [2.45, 2.75) is 45.6 Å². The Kier molecular flexibility index (Phi) is 5.50. The van der Waals surface area contributed by atoms with Crippen LogP contribution in [0, 0.1) is 12.3 Å². The lowest BCUT2D eigenvalue weighted by Crippen LogP contribution is -2.51. The summed E-state index contributed by atoms with van der Waals surface area (Å²) in [5, 5.41) is 3.85. The summed E-state index contributed by atoms with van der Waals surface area (Å²) in [5.41, 5.74) is 0.294. The molecule has 0 saturated carbocycles.